The summed E-state index contributed by atoms with van der Waals surface area (Å²) in [7, 11) is 1.60. The van der Waals surface area contributed by atoms with Crippen LogP contribution in [0, 0.1) is 0 Å². The number of ether oxygens (including phenoxy) is 1. The molecule has 0 bridgehead atoms. The number of benzene rings is 1. The first-order valence-electron chi connectivity index (χ1n) is 5.00. The fourth-order valence-electron chi connectivity index (χ4n) is 1.64. The van der Waals surface area contributed by atoms with Crippen LogP contribution in [0.25, 0.3) is 10.9 Å². The predicted octanol–water partition coefficient (Wildman–Crippen LogP) is 2.32. The third kappa shape index (κ3) is 2.04. The molecule has 1 heterocycles. The highest BCUT2D eigenvalue weighted by atomic mass is 35.5. The van der Waals surface area contributed by atoms with Gasteiger partial charge in [0.25, 0.3) is 5.56 Å². The lowest BCUT2D eigenvalue weighted by atomic mass is 10.1. The maximum Gasteiger partial charge on any atom is 0.251 e. The number of hydrogen-bond donors (Lipinski definition) is 1. The monoisotopic (exact) mass is 237 g/mol. The molecule has 84 valence electrons. The number of fused-ring (bicyclic) bond motifs is 1. The molecule has 1 aromatic carbocycles. The Morgan fingerprint density at radius 1 is 1.38 bits per heavy atom. The molecule has 0 unspecified atom stereocenters. The maximum absolute atomic E-state index is 11.7. The Kier molecular flexibility index (Phi) is 3.15. The van der Waals surface area contributed by atoms with E-state index in [0.717, 1.165) is 16.7 Å². The number of aromatic amines is 1. The second-order valence-corrected chi connectivity index (χ2v) is 3.89. The molecule has 1 N–H and O–H groups in total. The highest BCUT2D eigenvalue weighted by Crippen LogP contribution is 2.18. The number of methoxy groups -OCH3 is 1. The number of H-pyrrole nitrogens is 1. The van der Waals surface area contributed by atoms with Crippen LogP contribution in [0.2, 0.25) is 0 Å². The first-order valence-corrected chi connectivity index (χ1v) is 5.54. The van der Waals surface area contributed by atoms with E-state index in [1.165, 1.54) is 0 Å². The van der Waals surface area contributed by atoms with Gasteiger partial charge in [-0.1, -0.05) is 0 Å². The molecule has 0 saturated heterocycles. The molecule has 0 amide bonds. The molecule has 0 atom stereocenters. The molecule has 2 aromatic rings. The normalized spacial score (nSPS) is 10.6. The van der Waals surface area contributed by atoms with Gasteiger partial charge in [-0.25, -0.2) is 0 Å². The molecule has 0 spiro atoms. The van der Waals surface area contributed by atoms with Crippen molar-refractivity contribution in [2.24, 2.45) is 0 Å². The molecule has 0 radical (unpaired) electrons. The molecular weight excluding hydrogens is 226 g/mol. The Bertz CT molecular complexity index is 562. The highest BCUT2D eigenvalue weighted by molar-refractivity contribution is 6.18. The van der Waals surface area contributed by atoms with Gasteiger partial charge in [0, 0.05) is 17.5 Å². The van der Waals surface area contributed by atoms with Gasteiger partial charge in [0.2, 0.25) is 0 Å². The van der Waals surface area contributed by atoms with E-state index in [1.54, 1.807) is 13.2 Å². The lowest BCUT2D eigenvalue weighted by Gasteiger charge is -2.04. The van der Waals surface area contributed by atoms with Crippen LogP contribution < -0.4 is 10.3 Å². The van der Waals surface area contributed by atoms with Gasteiger partial charge in [0.05, 0.1) is 12.6 Å². The van der Waals surface area contributed by atoms with E-state index in [1.807, 2.05) is 18.2 Å². The molecule has 0 aliphatic rings. The summed E-state index contributed by atoms with van der Waals surface area (Å²) >= 11 is 5.63. The van der Waals surface area contributed by atoms with E-state index in [-0.39, 0.29) is 5.56 Å². The molecule has 0 aliphatic carbocycles. The number of aryl methyl sites for hydroxylation is 1. The Hall–Kier alpha value is -1.48. The first kappa shape index (κ1) is 11.0. The Morgan fingerprint density at radius 3 is 2.88 bits per heavy atom. The zero-order chi connectivity index (χ0) is 11.5. The van der Waals surface area contributed by atoms with Gasteiger partial charge in [0.1, 0.15) is 5.75 Å². The van der Waals surface area contributed by atoms with Crippen LogP contribution in [-0.4, -0.2) is 18.0 Å². The molecule has 2 rings (SSSR count). The van der Waals surface area contributed by atoms with E-state index in [9.17, 15) is 4.79 Å². The van der Waals surface area contributed by atoms with Gasteiger partial charge >= 0.3 is 0 Å². The first-order chi connectivity index (χ1) is 7.74. The molecular formula is C12H12ClNO2. The van der Waals surface area contributed by atoms with Crippen LogP contribution in [0.4, 0.5) is 0 Å². The average Bonchev–Trinajstić information content (AvgIpc) is 2.30. The van der Waals surface area contributed by atoms with Crippen molar-refractivity contribution in [3.05, 3.63) is 40.2 Å². The van der Waals surface area contributed by atoms with E-state index in [0.29, 0.717) is 17.9 Å². The van der Waals surface area contributed by atoms with Crippen LogP contribution in [0.15, 0.2) is 29.1 Å². The van der Waals surface area contributed by atoms with Crippen LogP contribution in [0.3, 0.4) is 0 Å². The number of hydrogen-bond acceptors (Lipinski definition) is 2. The lowest BCUT2D eigenvalue weighted by Crippen LogP contribution is -2.12. The van der Waals surface area contributed by atoms with Crippen LogP contribution in [0.1, 0.15) is 5.56 Å². The van der Waals surface area contributed by atoms with Crippen LogP contribution in [0.5, 0.6) is 5.75 Å². The topological polar surface area (TPSA) is 42.1 Å². The summed E-state index contributed by atoms with van der Waals surface area (Å²) in [5.41, 5.74) is 1.41. The second-order valence-electron chi connectivity index (χ2n) is 3.52. The van der Waals surface area contributed by atoms with Crippen molar-refractivity contribution in [1.29, 1.82) is 0 Å². The average molecular weight is 238 g/mol. The van der Waals surface area contributed by atoms with E-state index in [4.69, 9.17) is 16.3 Å². The van der Waals surface area contributed by atoms with Crippen molar-refractivity contribution in [1.82, 2.24) is 4.98 Å². The minimum Gasteiger partial charge on any atom is -0.497 e. The van der Waals surface area contributed by atoms with Crippen molar-refractivity contribution in [2.75, 3.05) is 13.0 Å². The van der Waals surface area contributed by atoms with Crippen LogP contribution in [-0.2, 0) is 6.42 Å². The number of rotatable bonds is 3. The van der Waals surface area contributed by atoms with Crippen LogP contribution >= 0.6 is 11.6 Å². The maximum atomic E-state index is 11.7. The fraction of sp³-hybridized carbons (Fsp3) is 0.250. The highest BCUT2D eigenvalue weighted by Gasteiger charge is 2.03. The van der Waals surface area contributed by atoms with Gasteiger partial charge in [-0.05, 0) is 30.0 Å². The number of nitrogens with one attached hydrogen (secondary N) is 1. The molecule has 1 aromatic heterocycles. The largest absolute Gasteiger partial charge is 0.497 e. The van der Waals surface area contributed by atoms with Crippen molar-refractivity contribution >= 4 is 22.5 Å². The Balaban J connectivity index is 2.59. The molecule has 3 nitrogen and oxygen atoms in total. The quantitative estimate of drug-likeness (QED) is 0.833. The molecule has 16 heavy (non-hydrogen) atoms. The van der Waals surface area contributed by atoms with Gasteiger partial charge in [-0.3, -0.25) is 4.79 Å². The number of halogens is 1. The number of pyridine rings is 1. The van der Waals surface area contributed by atoms with E-state index < -0.39 is 0 Å². The minimum atomic E-state index is -0.0820. The Morgan fingerprint density at radius 2 is 2.19 bits per heavy atom. The number of alkyl halides is 1. The zero-order valence-corrected chi connectivity index (χ0v) is 9.67. The minimum absolute atomic E-state index is 0.0820. The van der Waals surface area contributed by atoms with E-state index >= 15 is 0 Å². The van der Waals surface area contributed by atoms with Crippen molar-refractivity contribution < 1.29 is 4.74 Å². The molecule has 4 heteroatoms. The van der Waals surface area contributed by atoms with E-state index in [2.05, 4.69) is 4.98 Å². The predicted molar refractivity (Wildman–Crippen MR) is 65.5 cm³/mol. The van der Waals surface area contributed by atoms with Gasteiger partial charge < -0.3 is 9.72 Å². The van der Waals surface area contributed by atoms with Crippen molar-refractivity contribution in [3.63, 3.8) is 0 Å². The van der Waals surface area contributed by atoms with Crippen molar-refractivity contribution in [2.45, 2.75) is 6.42 Å². The van der Waals surface area contributed by atoms with Gasteiger partial charge in [-0.15, -0.1) is 11.6 Å². The third-order valence-electron chi connectivity index (χ3n) is 2.49. The van der Waals surface area contributed by atoms with Gasteiger partial charge in [-0.2, -0.15) is 0 Å². The molecule has 0 fully saturated rings. The lowest BCUT2D eigenvalue weighted by molar-refractivity contribution is 0.415. The Labute approximate surface area is 98.0 Å². The fourth-order valence-corrected chi connectivity index (χ4v) is 1.84. The standard InChI is InChI=1S/C12H12ClNO2/c1-16-10-3-2-8-6-9(4-5-13)12(15)14-11(8)7-10/h2-3,6-7H,4-5H2,1H3,(H,14,15). The summed E-state index contributed by atoms with van der Waals surface area (Å²) in [6.07, 6.45) is 0.582. The second kappa shape index (κ2) is 4.58. The summed E-state index contributed by atoms with van der Waals surface area (Å²) in [4.78, 5) is 14.5. The van der Waals surface area contributed by atoms with Crippen molar-refractivity contribution in [3.8, 4) is 5.75 Å². The molecule has 0 saturated carbocycles. The smallest absolute Gasteiger partial charge is 0.251 e. The summed E-state index contributed by atoms with van der Waals surface area (Å²) in [5.74, 6) is 1.18. The summed E-state index contributed by atoms with van der Waals surface area (Å²) in [6.45, 7) is 0. The number of aromatic nitrogens is 1. The summed E-state index contributed by atoms with van der Waals surface area (Å²) in [6, 6.07) is 7.46. The van der Waals surface area contributed by atoms with Gasteiger partial charge in [0.15, 0.2) is 0 Å². The zero-order valence-electron chi connectivity index (χ0n) is 8.92. The summed E-state index contributed by atoms with van der Waals surface area (Å²) < 4.78 is 5.10. The third-order valence-corrected chi connectivity index (χ3v) is 2.68. The molecule has 0 aliphatic heterocycles. The summed E-state index contributed by atoms with van der Waals surface area (Å²) in [5, 5.41) is 0.987. The SMILES string of the molecule is COc1ccc2cc(CCCl)c(=O)[nH]c2c1.